The van der Waals surface area contributed by atoms with Crippen molar-refractivity contribution < 1.29 is 26.7 Å². The summed E-state index contributed by atoms with van der Waals surface area (Å²) in [4.78, 5) is 11.1. The summed E-state index contributed by atoms with van der Waals surface area (Å²) < 4.78 is 48.8. The van der Waals surface area contributed by atoms with E-state index in [1.54, 1.807) is 4.72 Å². The van der Waals surface area contributed by atoms with Crippen molar-refractivity contribution in [3.05, 3.63) is 17.7 Å². The smallest absolute Gasteiger partial charge is 0.326 e. The van der Waals surface area contributed by atoms with Crippen molar-refractivity contribution in [1.82, 2.24) is 4.72 Å². The molecule has 0 unspecified atom stereocenters. The number of sulfone groups is 1. The highest BCUT2D eigenvalue weighted by Gasteiger charge is 2.36. The third kappa shape index (κ3) is 2.31. The van der Waals surface area contributed by atoms with E-state index < -0.39 is 38.2 Å². The second-order valence-electron chi connectivity index (χ2n) is 4.37. The van der Waals surface area contributed by atoms with Crippen molar-refractivity contribution in [3.63, 3.8) is 0 Å². The molecular formula is C10H12N2O6S2. The molecule has 110 valence electrons. The molecule has 1 fully saturated rings. The van der Waals surface area contributed by atoms with Crippen LogP contribution in [0, 0.1) is 6.92 Å². The number of phenolic OH excluding ortho intramolecular Hbond substituents is 1. The fraction of sp³-hybridized carbons (Fsp3) is 0.300. The SMILES string of the molecule is Cc1c(S(C)(=O)=O)ccc(N2CC(=O)NS2(=O)=O)c1O. The van der Waals surface area contributed by atoms with Crippen molar-refractivity contribution in [2.45, 2.75) is 11.8 Å². The maximum absolute atomic E-state index is 11.7. The van der Waals surface area contributed by atoms with Crippen molar-refractivity contribution in [1.29, 1.82) is 0 Å². The van der Waals surface area contributed by atoms with E-state index in [1.165, 1.54) is 13.0 Å². The van der Waals surface area contributed by atoms with Crippen LogP contribution >= 0.6 is 0 Å². The number of anilines is 1. The lowest BCUT2D eigenvalue weighted by atomic mass is 10.2. The average Bonchev–Trinajstić information content (AvgIpc) is 2.54. The number of nitrogens with one attached hydrogen (secondary N) is 1. The van der Waals surface area contributed by atoms with Gasteiger partial charge in [-0.1, -0.05) is 0 Å². The van der Waals surface area contributed by atoms with Gasteiger partial charge in [0.05, 0.1) is 10.6 Å². The molecule has 0 atom stereocenters. The van der Waals surface area contributed by atoms with Crippen molar-refractivity contribution >= 4 is 31.6 Å². The first kappa shape index (κ1) is 14.6. The third-order valence-electron chi connectivity index (χ3n) is 2.85. The van der Waals surface area contributed by atoms with Crippen LogP contribution in [0.3, 0.4) is 0 Å². The maximum atomic E-state index is 11.7. The summed E-state index contributed by atoms with van der Waals surface area (Å²) in [6.07, 6.45) is 0.978. The van der Waals surface area contributed by atoms with Crippen LogP contribution < -0.4 is 9.03 Å². The lowest BCUT2D eigenvalue weighted by Gasteiger charge is -2.18. The zero-order valence-corrected chi connectivity index (χ0v) is 12.2. The molecule has 0 aliphatic carbocycles. The summed E-state index contributed by atoms with van der Waals surface area (Å²) in [6.45, 7) is 0.890. The molecule has 2 rings (SSSR count). The number of rotatable bonds is 2. The summed E-state index contributed by atoms with van der Waals surface area (Å²) >= 11 is 0. The van der Waals surface area contributed by atoms with Gasteiger partial charge in [-0.25, -0.2) is 17.4 Å². The highest BCUT2D eigenvalue weighted by atomic mass is 32.2. The van der Waals surface area contributed by atoms with Crippen molar-refractivity contribution in [3.8, 4) is 5.75 Å². The number of hydrogen-bond donors (Lipinski definition) is 2. The Hall–Kier alpha value is -1.81. The van der Waals surface area contributed by atoms with E-state index in [0.29, 0.717) is 4.31 Å². The van der Waals surface area contributed by atoms with Crippen molar-refractivity contribution in [2.75, 3.05) is 17.1 Å². The monoisotopic (exact) mass is 320 g/mol. The van der Waals surface area contributed by atoms with Crippen molar-refractivity contribution in [2.24, 2.45) is 0 Å². The minimum Gasteiger partial charge on any atom is -0.505 e. The van der Waals surface area contributed by atoms with E-state index in [4.69, 9.17) is 0 Å². The molecule has 8 nitrogen and oxygen atoms in total. The summed E-state index contributed by atoms with van der Waals surface area (Å²) in [7, 11) is -7.60. The summed E-state index contributed by atoms with van der Waals surface area (Å²) in [6, 6.07) is 2.34. The number of amides is 1. The number of carbonyl (C=O) groups excluding carboxylic acids is 1. The molecule has 0 radical (unpaired) electrons. The summed E-state index contributed by atoms with van der Waals surface area (Å²) in [5.74, 6) is -1.22. The standard InChI is InChI=1S/C10H12N2O6S2/c1-6-8(19(2,15)16)4-3-7(10(6)14)12-5-9(13)11-20(12,17)18/h3-4,14H,5H2,1-2H3,(H,11,13). The molecule has 0 spiro atoms. The van der Waals surface area contributed by atoms with Gasteiger partial charge in [0.15, 0.2) is 9.84 Å². The molecule has 1 aliphatic rings. The Bertz CT molecular complexity index is 797. The molecule has 1 heterocycles. The fourth-order valence-corrected chi connectivity index (χ4v) is 4.06. The van der Waals surface area contributed by atoms with Gasteiger partial charge in [-0.2, -0.15) is 8.42 Å². The first-order chi connectivity index (χ1) is 9.04. The van der Waals surface area contributed by atoms with E-state index in [9.17, 15) is 26.7 Å². The van der Waals surface area contributed by atoms with Gasteiger partial charge in [-0.3, -0.25) is 4.79 Å². The largest absolute Gasteiger partial charge is 0.505 e. The topological polar surface area (TPSA) is 121 Å². The molecule has 0 aromatic heterocycles. The molecule has 2 N–H and O–H groups in total. The highest BCUT2D eigenvalue weighted by Crippen LogP contribution is 2.36. The zero-order valence-electron chi connectivity index (χ0n) is 10.6. The molecule has 1 aromatic carbocycles. The molecular weight excluding hydrogens is 308 g/mol. The molecule has 0 bridgehead atoms. The summed E-state index contributed by atoms with van der Waals surface area (Å²) in [5, 5.41) is 10.0. The number of aromatic hydroxyl groups is 1. The van der Waals surface area contributed by atoms with Gasteiger partial charge in [-0.15, -0.1) is 0 Å². The van der Waals surface area contributed by atoms with Crippen LogP contribution in [0.1, 0.15) is 5.56 Å². The molecule has 1 amide bonds. The van der Waals surface area contributed by atoms with Gasteiger partial charge in [0, 0.05) is 11.8 Å². The van der Waals surface area contributed by atoms with E-state index in [-0.39, 0.29) is 16.1 Å². The van der Waals surface area contributed by atoms with Crippen LogP contribution in [0.4, 0.5) is 5.69 Å². The van der Waals surface area contributed by atoms with E-state index in [2.05, 4.69) is 0 Å². The van der Waals surface area contributed by atoms with Crippen LogP contribution in [0.5, 0.6) is 5.75 Å². The zero-order chi connectivity index (χ0) is 15.3. The van der Waals surface area contributed by atoms with Gasteiger partial charge < -0.3 is 5.11 Å². The van der Waals surface area contributed by atoms with Crippen LogP contribution in [-0.4, -0.2) is 40.6 Å². The van der Waals surface area contributed by atoms with Crippen LogP contribution in [0.15, 0.2) is 17.0 Å². The lowest BCUT2D eigenvalue weighted by Crippen LogP contribution is -2.29. The number of benzene rings is 1. The highest BCUT2D eigenvalue weighted by molar-refractivity contribution is 7.92. The molecule has 1 saturated heterocycles. The van der Waals surface area contributed by atoms with E-state index in [1.807, 2.05) is 0 Å². The Morgan fingerprint density at radius 1 is 1.35 bits per heavy atom. The number of hydrogen-bond acceptors (Lipinski definition) is 6. The molecule has 10 heteroatoms. The van der Waals surface area contributed by atoms with Crippen LogP contribution in [-0.2, 0) is 24.8 Å². The van der Waals surface area contributed by atoms with Gasteiger partial charge in [0.1, 0.15) is 12.3 Å². The van der Waals surface area contributed by atoms with E-state index in [0.717, 1.165) is 12.3 Å². The number of carbonyl (C=O) groups is 1. The number of nitrogens with zero attached hydrogens (tertiary/aromatic N) is 1. The van der Waals surface area contributed by atoms with Gasteiger partial charge in [0.2, 0.25) is 0 Å². The quantitative estimate of drug-likeness (QED) is 0.742. The van der Waals surface area contributed by atoms with Gasteiger partial charge >= 0.3 is 10.2 Å². The summed E-state index contributed by atoms with van der Waals surface area (Å²) in [5.41, 5.74) is -0.118. The fourth-order valence-electron chi connectivity index (χ4n) is 1.93. The molecule has 1 aliphatic heterocycles. The first-order valence-electron chi connectivity index (χ1n) is 5.40. The minimum absolute atomic E-state index is 0.0274. The Morgan fingerprint density at radius 3 is 2.40 bits per heavy atom. The molecule has 0 saturated carbocycles. The third-order valence-corrected chi connectivity index (χ3v) is 5.48. The Labute approximate surface area is 116 Å². The predicted molar refractivity (Wildman–Crippen MR) is 70.4 cm³/mol. The lowest BCUT2D eigenvalue weighted by molar-refractivity contribution is -0.117. The van der Waals surface area contributed by atoms with Gasteiger partial charge in [0.25, 0.3) is 5.91 Å². The van der Waals surface area contributed by atoms with E-state index >= 15 is 0 Å². The minimum atomic E-state index is -4.05. The predicted octanol–water partition coefficient (Wildman–Crippen LogP) is -0.715. The van der Waals surface area contributed by atoms with Crippen LogP contribution in [0.25, 0.3) is 0 Å². The second-order valence-corrected chi connectivity index (χ2v) is 7.94. The van der Waals surface area contributed by atoms with Crippen LogP contribution in [0.2, 0.25) is 0 Å². The Morgan fingerprint density at radius 2 is 1.95 bits per heavy atom. The van der Waals surface area contributed by atoms with Gasteiger partial charge in [-0.05, 0) is 19.1 Å². The first-order valence-corrected chi connectivity index (χ1v) is 8.73. The molecule has 20 heavy (non-hydrogen) atoms. The molecule has 1 aromatic rings. The number of phenols is 1. The maximum Gasteiger partial charge on any atom is 0.326 e. The Balaban J connectivity index is 2.62. The normalized spacial score (nSPS) is 18.1. The Kier molecular flexibility index (Phi) is 3.17. The second kappa shape index (κ2) is 4.35. The average molecular weight is 320 g/mol.